The van der Waals surface area contributed by atoms with Crippen LogP contribution in [-0.4, -0.2) is 24.0 Å². The second kappa shape index (κ2) is 7.27. The van der Waals surface area contributed by atoms with Gasteiger partial charge in [-0.1, -0.05) is 29.8 Å². The van der Waals surface area contributed by atoms with Gasteiger partial charge in [-0.2, -0.15) is 0 Å². The molecule has 1 N–H and O–H groups in total. The molecule has 1 aliphatic rings. The van der Waals surface area contributed by atoms with E-state index in [-0.39, 0.29) is 5.91 Å². The van der Waals surface area contributed by atoms with Crippen LogP contribution in [0.25, 0.3) is 0 Å². The van der Waals surface area contributed by atoms with Crippen LogP contribution in [0.15, 0.2) is 42.6 Å². The van der Waals surface area contributed by atoms with Gasteiger partial charge in [0.05, 0.1) is 11.9 Å². The minimum atomic E-state index is -0.129. The smallest absolute Gasteiger partial charge is 0.270 e. The predicted octanol–water partition coefficient (Wildman–Crippen LogP) is 3.31. The summed E-state index contributed by atoms with van der Waals surface area (Å²) in [5.41, 5.74) is 3.89. The van der Waals surface area contributed by atoms with Crippen molar-refractivity contribution in [3.63, 3.8) is 0 Å². The first-order chi connectivity index (χ1) is 11.2. The molecule has 1 fully saturated rings. The number of aromatic nitrogens is 1. The number of carbonyl (C=O) groups excluding carboxylic acids is 1. The van der Waals surface area contributed by atoms with Gasteiger partial charge in [0, 0.05) is 19.6 Å². The number of carbonyl (C=O) groups is 1. The number of nitrogens with one attached hydrogen (secondary N) is 1. The monoisotopic (exact) mass is 309 g/mol. The molecule has 4 heteroatoms. The van der Waals surface area contributed by atoms with Gasteiger partial charge in [0.25, 0.3) is 5.91 Å². The normalized spacial score (nSPS) is 14.6. The zero-order chi connectivity index (χ0) is 16.1. The first kappa shape index (κ1) is 15.5. The van der Waals surface area contributed by atoms with E-state index in [4.69, 9.17) is 0 Å². The molecule has 0 unspecified atom stereocenters. The van der Waals surface area contributed by atoms with Crippen LogP contribution in [0.4, 0.5) is 5.69 Å². The molecular weight excluding hydrogens is 286 g/mol. The fourth-order valence-corrected chi connectivity index (χ4v) is 2.84. The molecule has 2 aromatic rings. The first-order valence-electron chi connectivity index (χ1n) is 8.27. The Morgan fingerprint density at radius 1 is 1.09 bits per heavy atom. The summed E-state index contributed by atoms with van der Waals surface area (Å²) in [6, 6.07) is 12.0. The third-order valence-electron chi connectivity index (χ3n) is 4.28. The van der Waals surface area contributed by atoms with Gasteiger partial charge in [-0.3, -0.25) is 4.79 Å². The van der Waals surface area contributed by atoms with Crippen molar-refractivity contribution in [2.45, 2.75) is 32.7 Å². The molecule has 1 aliphatic heterocycles. The lowest BCUT2D eigenvalue weighted by Crippen LogP contribution is -2.29. The number of aryl methyl sites for hydroxylation is 1. The van der Waals surface area contributed by atoms with Gasteiger partial charge in [0.2, 0.25) is 0 Å². The van der Waals surface area contributed by atoms with E-state index in [1.807, 2.05) is 42.6 Å². The van der Waals surface area contributed by atoms with Crippen molar-refractivity contribution in [2.24, 2.45) is 0 Å². The molecule has 1 aromatic carbocycles. The summed E-state index contributed by atoms with van der Waals surface area (Å²) in [7, 11) is 0. The fraction of sp³-hybridized carbons (Fsp3) is 0.368. The molecule has 0 atom stereocenters. The van der Waals surface area contributed by atoms with Crippen molar-refractivity contribution < 1.29 is 4.79 Å². The molecular formula is C19H23N3O. The summed E-state index contributed by atoms with van der Waals surface area (Å²) in [5.74, 6) is -0.129. The summed E-state index contributed by atoms with van der Waals surface area (Å²) in [6.07, 6.45) is 5.59. The van der Waals surface area contributed by atoms with Gasteiger partial charge >= 0.3 is 0 Å². The van der Waals surface area contributed by atoms with E-state index in [2.05, 4.69) is 22.1 Å². The Labute approximate surface area is 137 Å². The van der Waals surface area contributed by atoms with Crippen molar-refractivity contribution in [3.05, 3.63) is 59.4 Å². The SMILES string of the molecule is Cc1ccc(CNC(=O)c2ccc(N3CCCCC3)cn2)cc1. The summed E-state index contributed by atoms with van der Waals surface area (Å²) < 4.78 is 0. The van der Waals surface area contributed by atoms with Gasteiger partial charge < -0.3 is 10.2 Å². The number of rotatable bonds is 4. The Kier molecular flexibility index (Phi) is 4.91. The molecule has 1 aromatic heterocycles. The Balaban J connectivity index is 1.57. The van der Waals surface area contributed by atoms with E-state index in [0.717, 1.165) is 24.3 Å². The van der Waals surface area contributed by atoms with E-state index in [1.54, 1.807) is 0 Å². The molecule has 120 valence electrons. The minimum absolute atomic E-state index is 0.129. The highest BCUT2D eigenvalue weighted by molar-refractivity contribution is 5.92. The molecule has 0 aliphatic carbocycles. The first-order valence-corrected chi connectivity index (χ1v) is 8.27. The highest BCUT2D eigenvalue weighted by Crippen LogP contribution is 2.18. The average Bonchev–Trinajstić information content (AvgIpc) is 2.62. The van der Waals surface area contributed by atoms with Crippen LogP contribution in [0.3, 0.4) is 0 Å². The molecule has 0 radical (unpaired) electrons. The quantitative estimate of drug-likeness (QED) is 0.942. The average molecular weight is 309 g/mol. The van der Waals surface area contributed by atoms with E-state index in [9.17, 15) is 4.79 Å². The van der Waals surface area contributed by atoms with E-state index >= 15 is 0 Å². The number of hydrogen-bond acceptors (Lipinski definition) is 3. The molecule has 3 rings (SSSR count). The Bertz CT molecular complexity index is 643. The lowest BCUT2D eigenvalue weighted by atomic mass is 10.1. The van der Waals surface area contributed by atoms with Gasteiger partial charge in [0.1, 0.15) is 5.69 Å². The maximum Gasteiger partial charge on any atom is 0.270 e. The molecule has 1 amide bonds. The second-order valence-electron chi connectivity index (χ2n) is 6.12. The number of anilines is 1. The standard InChI is InChI=1S/C19H23N3O/c1-15-5-7-16(8-6-15)13-21-19(23)18-10-9-17(14-20-18)22-11-3-2-4-12-22/h5-10,14H,2-4,11-13H2,1H3,(H,21,23). The lowest BCUT2D eigenvalue weighted by molar-refractivity contribution is 0.0946. The molecule has 23 heavy (non-hydrogen) atoms. The van der Waals surface area contributed by atoms with Crippen LogP contribution in [0.2, 0.25) is 0 Å². The third kappa shape index (κ3) is 4.09. The van der Waals surface area contributed by atoms with E-state index in [0.29, 0.717) is 12.2 Å². The van der Waals surface area contributed by atoms with Crippen LogP contribution in [0.5, 0.6) is 0 Å². The molecule has 4 nitrogen and oxygen atoms in total. The maximum absolute atomic E-state index is 12.2. The Morgan fingerprint density at radius 3 is 2.48 bits per heavy atom. The Hall–Kier alpha value is -2.36. The predicted molar refractivity (Wildman–Crippen MR) is 92.7 cm³/mol. The maximum atomic E-state index is 12.2. The van der Waals surface area contributed by atoms with Crippen LogP contribution in [0, 0.1) is 6.92 Å². The van der Waals surface area contributed by atoms with Crippen LogP contribution in [-0.2, 0) is 6.54 Å². The van der Waals surface area contributed by atoms with Crippen LogP contribution >= 0.6 is 0 Å². The number of benzene rings is 1. The van der Waals surface area contributed by atoms with Crippen molar-refractivity contribution in [1.29, 1.82) is 0 Å². The highest BCUT2D eigenvalue weighted by Gasteiger charge is 2.12. The lowest BCUT2D eigenvalue weighted by Gasteiger charge is -2.28. The minimum Gasteiger partial charge on any atom is -0.370 e. The highest BCUT2D eigenvalue weighted by atomic mass is 16.1. The van der Waals surface area contributed by atoms with Gasteiger partial charge in [-0.25, -0.2) is 4.98 Å². The molecule has 0 saturated carbocycles. The van der Waals surface area contributed by atoms with Crippen molar-refractivity contribution >= 4 is 11.6 Å². The number of nitrogens with zero attached hydrogens (tertiary/aromatic N) is 2. The van der Waals surface area contributed by atoms with Gasteiger partial charge in [-0.05, 0) is 43.9 Å². The largest absolute Gasteiger partial charge is 0.370 e. The van der Waals surface area contributed by atoms with Crippen molar-refractivity contribution in [2.75, 3.05) is 18.0 Å². The van der Waals surface area contributed by atoms with Gasteiger partial charge in [-0.15, -0.1) is 0 Å². The Morgan fingerprint density at radius 2 is 1.83 bits per heavy atom. The van der Waals surface area contributed by atoms with Crippen molar-refractivity contribution in [3.8, 4) is 0 Å². The third-order valence-corrected chi connectivity index (χ3v) is 4.28. The fourth-order valence-electron chi connectivity index (χ4n) is 2.84. The van der Waals surface area contributed by atoms with E-state index in [1.165, 1.54) is 24.8 Å². The topological polar surface area (TPSA) is 45.2 Å². The van der Waals surface area contributed by atoms with E-state index < -0.39 is 0 Å². The van der Waals surface area contributed by atoms with Crippen LogP contribution in [0.1, 0.15) is 40.9 Å². The zero-order valence-corrected chi connectivity index (χ0v) is 13.6. The summed E-state index contributed by atoms with van der Waals surface area (Å²) in [5, 5.41) is 2.92. The second-order valence-corrected chi connectivity index (χ2v) is 6.12. The molecule has 0 bridgehead atoms. The molecule has 0 spiro atoms. The molecule has 1 saturated heterocycles. The summed E-state index contributed by atoms with van der Waals surface area (Å²) in [4.78, 5) is 18.8. The summed E-state index contributed by atoms with van der Waals surface area (Å²) in [6.45, 7) is 4.74. The zero-order valence-electron chi connectivity index (χ0n) is 13.6. The van der Waals surface area contributed by atoms with Gasteiger partial charge in [0.15, 0.2) is 0 Å². The number of pyridine rings is 1. The number of amides is 1. The number of hydrogen-bond donors (Lipinski definition) is 1. The molecule has 2 heterocycles. The number of piperidine rings is 1. The van der Waals surface area contributed by atoms with Crippen LogP contribution < -0.4 is 10.2 Å². The van der Waals surface area contributed by atoms with Crippen molar-refractivity contribution in [1.82, 2.24) is 10.3 Å². The summed E-state index contributed by atoms with van der Waals surface area (Å²) >= 11 is 0.